The highest BCUT2D eigenvalue weighted by Gasteiger charge is 2.26. The monoisotopic (exact) mass is 313 g/mol. The number of likely N-dealkylation sites (tertiary alicyclic amines) is 1. The highest BCUT2D eigenvalue weighted by atomic mass is 79.9. The number of ether oxygens (including phenoxy) is 2. The maximum absolute atomic E-state index is 6.09. The van der Waals surface area contributed by atoms with Gasteiger partial charge >= 0.3 is 0 Å². The predicted octanol–water partition coefficient (Wildman–Crippen LogP) is 3.32. The van der Waals surface area contributed by atoms with Crippen molar-refractivity contribution >= 4 is 15.9 Å². The Morgan fingerprint density at radius 2 is 2.17 bits per heavy atom. The summed E-state index contributed by atoms with van der Waals surface area (Å²) in [5.74, 6) is 1.60. The molecule has 1 aromatic carbocycles. The number of para-hydroxylation sites is 1. The molecule has 0 radical (unpaired) electrons. The molecule has 3 nitrogen and oxygen atoms in total. The number of nitrogens with zero attached hydrogens (tertiary/aromatic N) is 1. The number of hydrogen-bond acceptors (Lipinski definition) is 3. The standard InChI is InChI=1S/C14H20BrNO2/c1-10(2)16-8-7-11(9-16)18-14-12(15)5-4-6-13(14)17-3/h4-6,10-11H,7-9H2,1-3H3. The van der Waals surface area contributed by atoms with E-state index in [-0.39, 0.29) is 6.10 Å². The molecule has 1 aliphatic rings. The van der Waals surface area contributed by atoms with Crippen LogP contribution in [0.25, 0.3) is 0 Å². The van der Waals surface area contributed by atoms with Crippen LogP contribution >= 0.6 is 15.9 Å². The fourth-order valence-electron chi connectivity index (χ4n) is 2.25. The van der Waals surface area contributed by atoms with Crippen molar-refractivity contribution in [1.29, 1.82) is 0 Å². The third-order valence-electron chi connectivity index (χ3n) is 3.34. The highest BCUT2D eigenvalue weighted by molar-refractivity contribution is 9.10. The Hall–Kier alpha value is -0.740. The molecule has 0 aliphatic carbocycles. The quantitative estimate of drug-likeness (QED) is 0.851. The summed E-state index contributed by atoms with van der Waals surface area (Å²) in [6.07, 6.45) is 1.32. The van der Waals surface area contributed by atoms with Crippen molar-refractivity contribution in [3.8, 4) is 11.5 Å². The number of rotatable bonds is 4. The second-order valence-corrected chi connectivity index (χ2v) is 5.74. The van der Waals surface area contributed by atoms with E-state index in [2.05, 4.69) is 34.7 Å². The van der Waals surface area contributed by atoms with Crippen molar-refractivity contribution in [2.45, 2.75) is 32.4 Å². The summed E-state index contributed by atoms with van der Waals surface area (Å²) in [6, 6.07) is 6.44. The minimum absolute atomic E-state index is 0.250. The van der Waals surface area contributed by atoms with Crippen LogP contribution in [0.4, 0.5) is 0 Å². The van der Waals surface area contributed by atoms with E-state index in [1.54, 1.807) is 7.11 Å². The van der Waals surface area contributed by atoms with E-state index in [4.69, 9.17) is 9.47 Å². The van der Waals surface area contributed by atoms with Gasteiger partial charge in [0.15, 0.2) is 11.5 Å². The van der Waals surface area contributed by atoms with Gasteiger partial charge in [-0.25, -0.2) is 0 Å². The van der Waals surface area contributed by atoms with Gasteiger partial charge in [-0.15, -0.1) is 0 Å². The van der Waals surface area contributed by atoms with E-state index in [1.807, 2.05) is 18.2 Å². The van der Waals surface area contributed by atoms with Crippen LogP contribution in [-0.2, 0) is 0 Å². The first-order valence-electron chi connectivity index (χ1n) is 6.35. The molecule has 4 heteroatoms. The second-order valence-electron chi connectivity index (χ2n) is 4.89. The van der Waals surface area contributed by atoms with Gasteiger partial charge in [-0.1, -0.05) is 6.07 Å². The first-order valence-corrected chi connectivity index (χ1v) is 7.14. The molecule has 1 unspecified atom stereocenters. The molecule has 1 aliphatic heterocycles. The van der Waals surface area contributed by atoms with Gasteiger partial charge in [-0.3, -0.25) is 4.90 Å². The summed E-state index contributed by atoms with van der Waals surface area (Å²) < 4.78 is 12.4. The smallest absolute Gasteiger partial charge is 0.175 e. The van der Waals surface area contributed by atoms with Gasteiger partial charge in [-0.05, 0) is 48.3 Å². The SMILES string of the molecule is COc1cccc(Br)c1OC1CCN(C(C)C)C1. The van der Waals surface area contributed by atoms with Crippen molar-refractivity contribution in [1.82, 2.24) is 4.90 Å². The lowest BCUT2D eigenvalue weighted by atomic mass is 10.3. The van der Waals surface area contributed by atoms with Crippen molar-refractivity contribution in [2.75, 3.05) is 20.2 Å². The summed E-state index contributed by atoms with van der Waals surface area (Å²) in [5, 5.41) is 0. The van der Waals surface area contributed by atoms with E-state index in [0.717, 1.165) is 35.5 Å². The first-order chi connectivity index (χ1) is 8.61. The van der Waals surface area contributed by atoms with Crippen LogP contribution in [0.3, 0.4) is 0 Å². The largest absolute Gasteiger partial charge is 0.493 e. The molecule has 1 fully saturated rings. The van der Waals surface area contributed by atoms with E-state index >= 15 is 0 Å². The number of methoxy groups -OCH3 is 1. The van der Waals surface area contributed by atoms with Crippen molar-refractivity contribution in [3.63, 3.8) is 0 Å². The fourth-order valence-corrected chi connectivity index (χ4v) is 2.69. The minimum Gasteiger partial charge on any atom is -0.493 e. The lowest BCUT2D eigenvalue weighted by molar-refractivity contribution is 0.180. The van der Waals surface area contributed by atoms with E-state index in [1.165, 1.54) is 0 Å². The zero-order chi connectivity index (χ0) is 13.1. The average molecular weight is 314 g/mol. The van der Waals surface area contributed by atoms with Gasteiger partial charge in [0.1, 0.15) is 6.10 Å². The lowest BCUT2D eigenvalue weighted by Crippen LogP contribution is -2.30. The molecule has 1 atom stereocenters. The lowest BCUT2D eigenvalue weighted by Gasteiger charge is -2.21. The fraction of sp³-hybridized carbons (Fsp3) is 0.571. The van der Waals surface area contributed by atoms with Crippen molar-refractivity contribution < 1.29 is 9.47 Å². The molecule has 18 heavy (non-hydrogen) atoms. The summed E-state index contributed by atoms with van der Waals surface area (Å²) in [7, 11) is 1.67. The Morgan fingerprint density at radius 3 is 2.78 bits per heavy atom. The molecule has 2 rings (SSSR count). The molecule has 0 saturated carbocycles. The van der Waals surface area contributed by atoms with E-state index < -0.39 is 0 Å². The van der Waals surface area contributed by atoms with Crippen LogP contribution in [0.5, 0.6) is 11.5 Å². The average Bonchev–Trinajstić information content (AvgIpc) is 2.80. The van der Waals surface area contributed by atoms with Gasteiger partial charge in [0.2, 0.25) is 0 Å². The molecule has 0 aromatic heterocycles. The van der Waals surface area contributed by atoms with Crippen LogP contribution in [0.15, 0.2) is 22.7 Å². The molecule has 0 spiro atoms. The van der Waals surface area contributed by atoms with Crippen molar-refractivity contribution in [3.05, 3.63) is 22.7 Å². The molecule has 1 heterocycles. The summed E-state index contributed by atoms with van der Waals surface area (Å²) in [6.45, 7) is 6.54. The second kappa shape index (κ2) is 5.93. The van der Waals surface area contributed by atoms with Gasteiger partial charge in [0, 0.05) is 19.1 Å². The van der Waals surface area contributed by atoms with E-state index in [9.17, 15) is 0 Å². The summed E-state index contributed by atoms with van der Waals surface area (Å²) >= 11 is 3.52. The third kappa shape index (κ3) is 2.98. The van der Waals surface area contributed by atoms with Crippen LogP contribution in [0.2, 0.25) is 0 Å². The Kier molecular flexibility index (Phi) is 4.51. The predicted molar refractivity (Wildman–Crippen MR) is 76.4 cm³/mol. The number of halogens is 1. The Labute approximate surface area is 117 Å². The molecular formula is C14H20BrNO2. The Bertz CT molecular complexity index is 409. The van der Waals surface area contributed by atoms with Crippen LogP contribution in [0.1, 0.15) is 20.3 Å². The summed E-state index contributed by atoms with van der Waals surface area (Å²) in [4.78, 5) is 2.44. The third-order valence-corrected chi connectivity index (χ3v) is 3.97. The molecule has 0 amide bonds. The minimum atomic E-state index is 0.250. The van der Waals surface area contributed by atoms with Gasteiger partial charge in [0.25, 0.3) is 0 Å². The Balaban J connectivity index is 2.06. The van der Waals surface area contributed by atoms with Gasteiger partial charge in [-0.2, -0.15) is 0 Å². The molecule has 100 valence electrons. The first kappa shape index (κ1) is 13.7. The van der Waals surface area contributed by atoms with Gasteiger partial charge < -0.3 is 9.47 Å². The van der Waals surface area contributed by atoms with E-state index in [0.29, 0.717) is 6.04 Å². The molecule has 0 bridgehead atoms. The maximum atomic E-state index is 6.09. The topological polar surface area (TPSA) is 21.7 Å². The number of hydrogen-bond donors (Lipinski definition) is 0. The van der Waals surface area contributed by atoms with Crippen LogP contribution in [-0.4, -0.2) is 37.2 Å². The highest BCUT2D eigenvalue weighted by Crippen LogP contribution is 2.36. The maximum Gasteiger partial charge on any atom is 0.175 e. The van der Waals surface area contributed by atoms with Gasteiger partial charge in [0.05, 0.1) is 11.6 Å². The zero-order valence-corrected chi connectivity index (χ0v) is 12.7. The molecule has 0 N–H and O–H groups in total. The number of benzene rings is 1. The molecular weight excluding hydrogens is 294 g/mol. The summed E-state index contributed by atoms with van der Waals surface area (Å²) in [5.41, 5.74) is 0. The molecule has 1 saturated heterocycles. The van der Waals surface area contributed by atoms with Crippen LogP contribution < -0.4 is 9.47 Å². The molecule has 1 aromatic rings. The normalized spacial score (nSPS) is 20.4. The Morgan fingerprint density at radius 1 is 1.39 bits per heavy atom. The van der Waals surface area contributed by atoms with Crippen LogP contribution in [0, 0.1) is 0 Å². The van der Waals surface area contributed by atoms with Crippen molar-refractivity contribution in [2.24, 2.45) is 0 Å². The zero-order valence-electron chi connectivity index (χ0n) is 11.1.